The standard InChI is InChI=1S/C47H53N5O9/c1-47(2,3)61-45(58)40(28-31-14-5-4-6-15-31)51-44(57)39(23-25-42(54)55)50-43(56)38(21-11-12-27-49-41(53)24-22-32-16-13-26-48-29-32)52-46(59)60-30-37-35-19-9-7-17-33(35)34-18-8-10-20-36(34)37/h4-10,13-20,22,24,26,29,37-40H,11-12,21,23,25,27-28,30H2,1-3H3,(H,49,53)(H,50,56)(H,51,57)(H,52,59)(H,54,55)/b24-22+. The molecule has 4 amide bonds. The van der Waals surface area contributed by atoms with Gasteiger partial charge in [0.2, 0.25) is 17.7 Å². The molecule has 1 aliphatic carbocycles. The van der Waals surface area contributed by atoms with Crippen LogP contribution in [0.25, 0.3) is 17.2 Å². The van der Waals surface area contributed by atoms with Crippen LogP contribution in [0.15, 0.2) is 109 Å². The van der Waals surface area contributed by atoms with E-state index < -0.39 is 60.0 Å². The molecular formula is C47H53N5O9. The van der Waals surface area contributed by atoms with Crippen LogP contribution < -0.4 is 21.3 Å². The second kappa shape index (κ2) is 22.0. The van der Waals surface area contributed by atoms with Gasteiger partial charge in [0, 0.05) is 43.8 Å². The fourth-order valence-electron chi connectivity index (χ4n) is 6.94. The molecular weight excluding hydrogens is 779 g/mol. The molecule has 0 aliphatic heterocycles. The number of ether oxygens (including phenoxy) is 2. The lowest BCUT2D eigenvalue weighted by Gasteiger charge is -2.27. The Morgan fingerprint density at radius 1 is 0.754 bits per heavy atom. The van der Waals surface area contributed by atoms with E-state index in [0.717, 1.165) is 33.4 Å². The van der Waals surface area contributed by atoms with Crippen molar-refractivity contribution in [1.29, 1.82) is 0 Å². The van der Waals surface area contributed by atoms with Crippen molar-refractivity contribution >= 4 is 41.8 Å². The van der Waals surface area contributed by atoms with Crippen molar-refractivity contribution in [2.24, 2.45) is 0 Å². The summed E-state index contributed by atoms with van der Waals surface area (Å²) in [6.07, 6.45) is 5.57. The van der Waals surface area contributed by atoms with Gasteiger partial charge in [-0.15, -0.1) is 0 Å². The van der Waals surface area contributed by atoms with Gasteiger partial charge in [0.05, 0.1) is 0 Å². The Bertz CT molecular complexity index is 2130. The van der Waals surface area contributed by atoms with E-state index in [1.165, 1.54) is 6.08 Å². The average Bonchev–Trinajstić information content (AvgIpc) is 3.56. The number of pyridine rings is 1. The van der Waals surface area contributed by atoms with Crippen LogP contribution >= 0.6 is 0 Å². The van der Waals surface area contributed by atoms with E-state index >= 15 is 0 Å². The lowest BCUT2D eigenvalue weighted by molar-refractivity contribution is -0.158. The van der Waals surface area contributed by atoms with Crippen LogP contribution in [0.5, 0.6) is 0 Å². The third kappa shape index (κ3) is 14.2. The number of unbranched alkanes of at least 4 members (excludes halogenated alkanes) is 1. The first-order valence-electron chi connectivity index (χ1n) is 20.3. The number of aromatic nitrogens is 1. The lowest BCUT2D eigenvalue weighted by Crippen LogP contribution is -2.56. The molecule has 0 bridgehead atoms. The van der Waals surface area contributed by atoms with Crippen molar-refractivity contribution in [1.82, 2.24) is 26.3 Å². The average molecular weight is 832 g/mol. The number of esters is 1. The van der Waals surface area contributed by atoms with Gasteiger partial charge >= 0.3 is 18.0 Å². The largest absolute Gasteiger partial charge is 0.481 e. The SMILES string of the molecule is CC(C)(C)OC(=O)C(Cc1ccccc1)NC(=O)C(CCC(=O)O)NC(=O)C(CCCCNC(=O)/C=C/c1cccnc1)NC(=O)OCC1c2ccccc2-c2ccccc21. The predicted molar refractivity (Wildman–Crippen MR) is 229 cm³/mol. The number of amides is 4. The number of nitrogens with zero attached hydrogens (tertiary/aromatic N) is 1. The fourth-order valence-corrected chi connectivity index (χ4v) is 6.94. The maximum absolute atomic E-state index is 14.0. The van der Waals surface area contributed by atoms with Crippen LogP contribution in [0.1, 0.15) is 81.0 Å². The van der Waals surface area contributed by atoms with Crippen molar-refractivity contribution < 1.29 is 43.3 Å². The van der Waals surface area contributed by atoms with Crippen molar-refractivity contribution in [2.75, 3.05) is 13.2 Å². The van der Waals surface area contributed by atoms with Crippen molar-refractivity contribution in [2.45, 2.75) is 88.9 Å². The van der Waals surface area contributed by atoms with E-state index in [1.54, 1.807) is 69.6 Å². The summed E-state index contributed by atoms with van der Waals surface area (Å²) < 4.78 is 11.3. The highest BCUT2D eigenvalue weighted by molar-refractivity contribution is 5.94. The van der Waals surface area contributed by atoms with E-state index in [0.29, 0.717) is 12.8 Å². The summed E-state index contributed by atoms with van der Waals surface area (Å²) in [6, 6.07) is 24.5. The molecule has 14 heteroatoms. The first-order chi connectivity index (χ1) is 29.3. The minimum Gasteiger partial charge on any atom is -0.481 e. The highest BCUT2D eigenvalue weighted by Crippen LogP contribution is 2.44. The number of rotatable bonds is 20. The summed E-state index contributed by atoms with van der Waals surface area (Å²) in [5, 5.41) is 20.3. The van der Waals surface area contributed by atoms with Gasteiger partial charge in [-0.3, -0.25) is 24.2 Å². The molecule has 0 fully saturated rings. The van der Waals surface area contributed by atoms with Gasteiger partial charge in [0.1, 0.15) is 30.3 Å². The minimum absolute atomic E-state index is 0.0100. The molecule has 1 aromatic heterocycles. The summed E-state index contributed by atoms with van der Waals surface area (Å²) in [5.74, 6) is -4.03. The number of hydrogen-bond donors (Lipinski definition) is 5. The quantitative estimate of drug-likeness (QED) is 0.0418. The molecule has 5 rings (SSSR count). The fraction of sp³-hybridized carbons (Fsp3) is 0.340. The maximum Gasteiger partial charge on any atom is 0.407 e. The number of benzene rings is 3. The van der Waals surface area contributed by atoms with E-state index in [9.17, 15) is 33.9 Å². The highest BCUT2D eigenvalue weighted by Gasteiger charge is 2.33. The molecule has 3 unspecified atom stereocenters. The smallest absolute Gasteiger partial charge is 0.407 e. The number of alkyl carbamates (subject to hydrolysis) is 1. The van der Waals surface area contributed by atoms with E-state index in [-0.39, 0.29) is 44.2 Å². The first kappa shape index (κ1) is 45.3. The Balaban J connectivity index is 1.28. The molecule has 0 saturated carbocycles. The molecule has 320 valence electrons. The van der Waals surface area contributed by atoms with Crippen LogP contribution in [0.3, 0.4) is 0 Å². The number of carboxylic acids is 1. The molecule has 3 aromatic carbocycles. The van der Waals surface area contributed by atoms with Crippen molar-refractivity contribution in [3.05, 3.63) is 132 Å². The van der Waals surface area contributed by atoms with Gasteiger partial charge in [-0.2, -0.15) is 0 Å². The summed E-state index contributed by atoms with van der Waals surface area (Å²) in [4.78, 5) is 82.8. The topological polar surface area (TPSA) is 202 Å². The number of nitrogens with one attached hydrogen (secondary N) is 4. The van der Waals surface area contributed by atoms with Gasteiger partial charge in [-0.1, -0.05) is 84.9 Å². The summed E-state index contributed by atoms with van der Waals surface area (Å²) >= 11 is 0. The molecule has 0 saturated heterocycles. The third-order valence-electron chi connectivity index (χ3n) is 9.85. The second-order valence-corrected chi connectivity index (χ2v) is 15.7. The highest BCUT2D eigenvalue weighted by atomic mass is 16.6. The Labute approximate surface area is 355 Å². The molecule has 3 atom stereocenters. The number of carbonyl (C=O) groups excluding carboxylic acids is 5. The Kier molecular flexibility index (Phi) is 16.3. The van der Waals surface area contributed by atoms with Crippen molar-refractivity contribution in [3.8, 4) is 11.1 Å². The van der Waals surface area contributed by atoms with Gasteiger partial charge in [0.15, 0.2) is 0 Å². The number of fused-ring (bicyclic) bond motifs is 3. The number of aliphatic carboxylic acids is 1. The third-order valence-corrected chi connectivity index (χ3v) is 9.85. The monoisotopic (exact) mass is 831 g/mol. The molecule has 14 nitrogen and oxygen atoms in total. The molecule has 0 spiro atoms. The first-order valence-corrected chi connectivity index (χ1v) is 20.3. The minimum atomic E-state index is -1.40. The van der Waals surface area contributed by atoms with Gasteiger partial charge in [-0.05, 0) is 92.0 Å². The van der Waals surface area contributed by atoms with Crippen LogP contribution in [0, 0.1) is 0 Å². The zero-order valence-corrected chi connectivity index (χ0v) is 34.6. The molecule has 1 aliphatic rings. The summed E-state index contributed by atoms with van der Waals surface area (Å²) in [5.41, 5.74) is 4.74. The van der Waals surface area contributed by atoms with Crippen molar-refractivity contribution in [3.63, 3.8) is 0 Å². The molecule has 4 aromatic rings. The second-order valence-electron chi connectivity index (χ2n) is 15.7. The number of carbonyl (C=O) groups is 6. The van der Waals surface area contributed by atoms with Crippen LogP contribution in [0.4, 0.5) is 4.79 Å². The molecule has 1 heterocycles. The van der Waals surface area contributed by atoms with Gasteiger partial charge in [-0.25, -0.2) is 9.59 Å². The maximum atomic E-state index is 14.0. The number of carboxylic acid groups (broad SMARTS) is 1. The summed E-state index contributed by atoms with van der Waals surface area (Å²) in [7, 11) is 0. The molecule has 5 N–H and O–H groups in total. The van der Waals surface area contributed by atoms with E-state index in [2.05, 4.69) is 26.3 Å². The summed E-state index contributed by atoms with van der Waals surface area (Å²) in [6.45, 7) is 5.35. The molecule has 0 radical (unpaired) electrons. The van der Waals surface area contributed by atoms with Crippen LogP contribution in [-0.2, 0) is 39.9 Å². The Morgan fingerprint density at radius 3 is 2.00 bits per heavy atom. The zero-order valence-electron chi connectivity index (χ0n) is 34.6. The Morgan fingerprint density at radius 2 is 1.38 bits per heavy atom. The predicted octanol–water partition coefficient (Wildman–Crippen LogP) is 5.71. The lowest BCUT2D eigenvalue weighted by atomic mass is 9.98. The Hall–Kier alpha value is -6.83. The molecule has 61 heavy (non-hydrogen) atoms. The normalized spacial score (nSPS) is 13.5. The van der Waals surface area contributed by atoms with E-state index in [1.807, 2.05) is 60.7 Å². The zero-order chi connectivity index (χ0) is 43.8. The van der Waals surface area contributed by atoms with Crippen LogP contribution in [0.2, 0.25) is 0 Å². The number of hydrogen-bond acceptors (Lipinski definition) is 9. The van der Waals surface area contributed by atoms with Gasteiger partial charge < -0.3 is 35.8 Å². The van der Waals surface area contributed by atoms with Gasteiger partial charge in [0.25, 0.3) is 0 Å². The van der Waals surface area contributed by atoms with E-state index in [4.69, 9.17) is 9.47 Å². The van der Waals surface area contributed by atoms with Crippen LogP contribution in [-0.4, -0.2) is 82.7 Å².